The molecule has 0 atom stereocenters. The van der Waals surface area contributed by atoms with Crippen LogP contribution in [0.15, 0.2) is 59.5 Å². The van der Waals surface area contributed by atoms with Crippen molar-refractivity contribution in [3.05, 3.63) is 65.7 Å². The third-order valence-electron chi connectivity index (χ3n) is 2.77. The average molecular weight is 315 g/mol. The highest BCUT2D eigenvalue weighted by Gasteiger charge is 2.14. The molecule has 0 aliphatic heterocycles. The van der Waals surface area contributed by atoms with Gasteiger partial charge in [0.25, 0.3) is 5.91 Å². The van der Waals surface area contributed by atoms with Gasteiger partial charge in [0.1, 0.15) is 0 Å². The van der Waals surface area contributed by atoms with E-state index in [9.17, 15) is 14.4 Å². The van der Waals surface area contributed by atoms with E-state index in [1.807, 2.05) is 0 Å². The van der Waals surface area contributed by atoms with Crippen molar-refractivity contribution in [1.82, 2.24) is 5.32 Å². The first kappa shape index (κ1) is 15.8. The maximum atomic E-state index is 11.9. The van der Waals surface area contributed by atoms with Crippen LogP contribution in [0.3, 0.4) is 0 Å². The van der Waals surface area contributed by atoms with E-state index in [1.54, 1.807) is 48.5 Å². The lowest BCUT2D eigenvalue weighted by atomic mass is 10.2. The number of carboxylic acids is 1. The van der Waals surface area contributed by atoms with E-state index in [1.165, 1.54) is 6.07 Å². The van der Waals surface area contributed by atoms with Crippen molar-refractivity contribution in [1.29, 1.82) is 0 Å². The topological polar surface area (TPSA) is 83.5 Å². The van der Waals surface area contributed by atoms with Gasteiger partial charge in [-0.25, -0.2) is 4.79 Å². The fourth-order valence-electron chi connectivity index (χ4n) is 1.74. The largest absolute Gasteiger partial charge is 0.478 e. The molecule has 0 fully saturated rings. The van der Waals surface area contributed by atoms with Gasteiger partial charge in [-0.2, -0.15) is 0 Å². The van der Waals surface area contributed by atoms with Gasteiger partial charge in [0.2, 0.25) is 5.12 Å². The van der Waals surface area contributed by atoms with Crippen LogP contribution in [0.2, 0.25) is 0 Å². The standard InChI is InChI=1S/C16H13NO4S/c18-14(10-17-15(19)11-6-2-1-3-7-11)22-13-9-5-4-8-12(13)16(20)21/h1-9H,10H2,(H,17,19)(H,20,21). The number of nitrogens with one attached hydrogen (secondary N) is 1. The van der Waals surface area contributed by atoms with Gasteiger partial charge in [0, 0.05) is 10.5 Å². The molecule has 0 saturated heterocycles. The highest BCUT2D eigenvalue weighted by Crippen LogP contribution is 2.23. The van der Waals surface area contributed by atoms with Crippen molar-refractivity contribution in [2.45, 2.75) is 4.90 Å². The lowest BCUT2D eigenvalue weighted by Crippen LogP contribution is -2.28. The zero-order chi connectivity index (χ0) is 15.9. The molecule has 2 aromatic carbocycles. The van der Waals surface area contributed by atoms with E-state index in [4.69, 9.17) is 5.11 Å². The minimum atomic E-state index is -1.09. The number of carboxylic acid groups (broad SMARTS) is 1. The molecular weight excluding hydrogens is 302 g/mol. The number of thioether (sulfide) groups is 1. The minimum Gasteiger partial charge on any atom is -0.478 e. The molecule has 0 spiro atoms. The molecule has 22 heavy (non-hydrogen) atoms. The van der Waals surface area contributed by atoms with Gasteiger partial charge >= 0.3 is 5.97 Å². The van der Waals surface area contributed by atoms with E-state index in [2.05, 4.69) is 5.32 Å². The Kier molecular flexibility index (Phi) is 5.32. The van der Waals surface area contributed by atoms with Gasteiger partial charge in [-0.15, -0.1) is 0 Å². The molecular formula is C16H13NO4S. The number of carbonyl (C=O) groups excluding carboxylic acids is 2. The lowest BCUT2D eigenvalue weighted by molar-refractivity contribution is -0.110. The Morgan fingerprint density at radius 1 is 0.955 bits per heavy atom. The fourth-order valence-corrected chi connectivity index (χ4v) is 2.54. The summed E-state index contributed by atoms with van der Waals surface area (Å²) in [4.78, 5) is 35.1. The maximum Gasteiger partial charge on any atom is 0.336 e. The first-order valence-corrected chi connectivity index (χ1v) is 7.26. The summed E-state index contributed by atoms with van der Waals surface area (Å²) in [6.07, 6.45) is 0. The quantitative estimate of drug-likeness (QED) is 0.828. The number of carbonyl (C=O) groups is 3. The molecule has 5 nitrogen and oxygen atoms in total. The molecule has 2 aromatic rings. The number of aromatic carboxylic acids is 1. The predicted molar refractivity (Wildman–Crippen MR) is 83.0 cm³/mol. The molecule has 0 radical (unpaired) electrons. The van der Waals surface area contributed by atoms with Crippen molar-refractivity contribution >= 4 is 28.8 Å². The van der Waals surface area contributed by atoms with Crippen LogP contribution >= 0.6 is 11.8 Å². The Labute approximate surface area is 131 Å². The van der Waals surface area contributed by atoms with E-state index in [0.29, 0.717) is 10.5 Å². The monoisotopic (exact) mass is 315 g/mol. The first-order chi connectivity index (χ1) is 10.6. The molecule has 6 heteroatoms. The third kappa shape index (κ3) is 4.20. The van der Waals surface area contributed by atoms with E-state index >= 15 is 0 Å². The minimum absolute atomic E-state index is 0.0650. The lowest BCUT2D eigenvalue weighted by Gasteiger charge is -2.06. The zero-order valence-electron chi connectivity index (χ0n) is 11.5. The second kappa shape index (κ2) is 7.42. The smallest absolute Gasteiger partial charge is 0.336 e. The van der Waals surface area contributed by atoms with Gasteiger partial charge in [0.05, 0.1) is 12.1 Å². The number of benzene rings is 2. The number of amides is 1. The Bertz CT molecular complexity index is 700. The Hall–Kier alpha value is -2.60. The van der Waals surface area contributed by atoms with E-state index in [0.717, 1.165) is 11.8 Å². The van der Waals surface area contributed by atoms with Crippen LogP contribution in [0, 0.1) is 0 Å². The molecule has 0 aromatic heterocycles. The van der Waals surface area contributed by atoms with Crippen LogP contribution in [0.25, 0.3) is 0 Å². The van der Waals surface area contributed by atoms with Gasteiger partial charge in [-0.1, -0.05) is 30.3 Å². The highest BCUT2D eigenvalue weighted by molar-refractivity contribution is 8.13. The molecule has 112 valence electrons. The predicted octanol–water partition coefficient (Wildman–Crippen LogP) is 2.43. The van der Waals surface area contributed by atoms with Gasteiger partial charge in [-0.3, -0.25) is 9.59 Å². The third-order valence-corrected chi connectivity index (χ3v) is 3.72. The molecule has 2 rings (SSSR count). The van der Waals surface area contributed by atoms with Crippen molar-refractivity contribution in [3.8, 4) is 0 Å². The molecule has 0 aliphatic carbocycles. The van der Waals surface area contributed by atoms with Crippen LogP contribution in [0.5, 0.6) is 0 Å². The molecule has 1 amide bonds. The average Bonchev–Trinajstić information content (AvgIpc) is 2.53. The Balaban J connectivity index is 1.94. The first-order valence-electron chi connectivity index (χ1n) is 6.44. The molecule has 0 unspecified atom stereocenters. The second-order valence-corrected chi connectivity index (χ2v) is 5.42. The zero-order valence-corrected chi connectivity index (χ0v) is 12.3. The Morgan fingerprint density at radius 3 is 2.27 bits per heavy atom. The summed E-state index contributed by atoms with van der Waals surface area (Å²) in [5.74, 6) is -1.44. The van der Waals surface area contributed by atoms with E-state index < -0.39 is 5.97 Å². The summed E-state index contributed by atoms with van der Waals surface area (Å²) in [6, 6.07) is 14.8. The maximum absolute atomic E-state index is 11.9. The van der Waals surface area contributed by atoms with Gasteiger partial charge < -0.3 is 10.4 Å². The number of hydrogen-bond acceptors (Lipinski definition) is 4. The Morgan fingerprint density at radius 2 is 1.59 bits per heavy atom. The molecule has 2 N–H and O–H groups in total. The van der Waals surface area contributed by atoms with Crippen LogP contribution in [0.1, 0.15) is 20.7 Å². The van der Waals surface area contributed by atoms with Crippen LogP contribution in [0.4, 0.5) is 0 Å². The van der Waals surface area contributed by atoms with Crippen LogP contribution < -0.4 is 5.32 Å². The SMILES string of the molecule is O=C(CNC(=O)c1ccccc1)Sc1ccccc1C(=O)O. The molecule has 0 bridgehead atoms. The van der Waals surface area contributed by atoms with Gasteiger partial charge in [-0.05, 0) is 36.0 Å². The van der Waals surface area contributed by atoms with Crippen molar-refractivity contribution in [2.75, 3.05) is 6.54 Å². The second-order valence-electron chi connectivity index (χ2n) is 4.32. The van der Waals surface area contributed by atoms with Crippen LogP contribution in [-0.4, -0.2) is 28.6 Å². The number of rotatable bonds is 5. The van der Waals surface area contributed by atoms with E-state index in [-0.39, 0.29) is 23.1 Å². The van der Waals surface area contributed by atoms with Crippen molar-refractivity contribution in [2.24, 2.45) is 0 Å². The van der Waals surface area contributed by atoms with Gasteiger partial charge in [0.15, 0.2) is 0 Å². The summed E-state index contributed by atoms with van der Waals surface area (Å²) >= 11 is 0.801. The van der Waals surface area contributed by atoms with Crippen LogP contribution in [-0.2, 0) is 4.79 Å². The fraction of sp³-hybridized carbons (Fsp3) is 0.0625. The summed E-state index contributed by atoms with van der Waals surface area (Å²) in [6.45, 7) is -0.174. The molecule has 0 heterocycles. The van der Waals surface area contributed by atoms with Crippen molar-refractivity contribution in [3.63, 3.8) is 0 Å². The highest BCUT2D eigenvalue weighted by atomic mass is 32.2. The molecule has 0 saturated carbocycles. The summed E-state index contributed by atoms with van der Waals surface area (Å²) in [5.41, 5.74) is 0.529. The summed E-state index contributed by atoms with van der Waals surface area (Å²) in [5, 5.41) is 11.2. The normalized spacial score (nSPS) is 10.0. The molecule has 0 aliphatic rings. The van der Waals surface area contributed by atoms with Crippen molar-refractivity contribution < 1.29 is 19.5 Å². The number of hydrogen-bond donors (Lipinski definition) is 2. The summed E-state index contributed by atoms with van der Waals surface area (Å²) < 4.78 is 0. The summed E-state index contributed by atoms with van der Waals surface area (Å²) in [7, 11) is 0.